The summed E-state index contributed by atoms with van der Waals surface area (Å²) in [7, 11) is -1.97. The molecule has 1 amide bonds. The third-order valence-corrected chi connectivity index (χ3v) is 8.24. The number of methoxy groups -OCH3 is 1. The average molecular weight is 488 g/mol. The smallest absolute Gasteiger partial charge is 0.243 e. The van der Waals surface area contributed by atoms with Gasteiger partial charge in [0, 0.05) is 26.2 Å². The van der Waals surface area contributed by atoms with Crippen LogP contribution in [0, 0.1) is 0 Å². The maximum absolute atomic E-state index is 13.1. The van der Waals surface area contributed by atoms with Gasteiger partial charge in [0.15, 0.2) is 0 Å². The zero-order valence-corrected chi connectivity index (χ0v) is 20.7. The van der Waals surface area contributed by atoms with Crippen LogP contribution in [0.15, 0.2) is 41.3 Å². The molecule has 0 atom stereocenters. The van der Waals surface area contributed by atoms with Gasteiger partial charge in [-0.15, -0.1) is 0 Å². The van der Waals surface area contributed by atoms with Crippen molar-refractivity contribution in [3.8, 4) is 11.5 Å². The number of hydrogen-bond donors (Lipinski definition) is 1. The lowest BCUT2D eigenvalue weighted by Gasteiger charge is -2.28. The van der Waals surface area contributed by atoms with Crippen molar-refractivity contribution in [2.24, 2.45) is 0 Å². The van der Waals surface area contributed by atoms with E-state index in [1.807, 2.05) is 19.1 Å². The largest absolute Gasteiger partial charge is 0.497 e. The van der Waals surface area contributed by atoms with Crippen LogP contribution in [0.2, 0.25) is 0 Å². The first-order chi connectivity index (χ1) is 16.4. The topological polar surface area (TPSA) is 88.2 Å². The second-order valence-corrected chi connectivity index (χ2v) is 10.6. The van der Waals surface area contributed by atoms with E-state index in [0.717, 1.165) is 43.5 Å². The Hall–Kier alpha value is -2.62. The normalized spacial score (nSPS) is 17.1. The minimum Gasteiger partial charge on any atom is -0.497 e. The van der Waals surface area contributed by atoms with E-state index in [1.54, 1.807) is 19.2 Å². The molecule has 0 spiro atoms. The van der Waals surface area contributed by atoms with Crippen LogP contribution in [-0.4, -0.2) is 63.4 Å². The van der Waals surface area contributed by atoms with Crippen LogP contribution in [-0.2, 0) is 27.8 Å². The predicted molar refractivity (Wildman–Crippen MR) is 131 cm³/mol. The van der Waals surface area contributed by atoms with Crippen LogP contribution in [0.25, 0.3) is 0 Å². The Morgan fingerprint density at radius 3 is 2.56 bits per heavy atom. The van der Waals surface area contributed by atoms with Gasteiger partial charge in [-0.1, -0.05) is 12.5 Å². The number of ether oxygens (including phenoxy) is 2. The highest BCUT2D eigenvalue weighted by molar-refractivity contribution is 7.89. The first-order valence-corrected chi connectivity index (χ1v) is 13.3. The molecule has 1 fully saturated rings. The molecule has 2 heterocycles. The molecule has 2 aliphatic rings. The molecule has 0 bridgehead atoms. The van der Waals surface area contributed by atoms with Gasteiger partial charge in [0.05, 0.1) is 30.8 Å². The van der Waals surface area contributed by atoms with Crippen molar-refractivity contribution in [1.82, 2.24) is 9.21 Å². The van der Waals surface area contributed by atoms with Crippen molar-refractivity contribution in [2.75, 3.05) is 45.2 Å². The van der Waals surface area contributed by atoms with Gasteiger partial charge in [0.2, 0.25) is 15.9 Å². The third-order valence-electron chi connectivity index (χ3n) is 6.35. The number of rotatable bonds is 8. The summed E-state index contributed by atoms with van der Waals surface area (Å²) in [5.41, 5.74) is 2.80. The van der Waals surface area contributed by atoms with Gasteiger partial charge in [-0.05, 0) is 67.6 Å². The van der Waals surface area contributed by atoms with Crippen LogP contribution in [0.4, 0.5) is 5.69 Å². The maximum atomic E-state index is 13.1. The first kappa shape index (κ1) is 24.5. The lowest BCUT2D eigenvalue weighted by molar-refractivity contribution is -0.117. The highest BCUT2D eigenvalue weighted by Crippen LogP contribution is 2.30. The van der Waals surface area contributed by atoms with Gasteiger partial charge in [-0.25, -0.2) is 8.42 Å². The Kier molecular flexibility index (Phi) is 7.75. The molecule has 0 radical (unpaired) electrons. The molecule has 9 heteroatoms. The summed E-state index contributed by atoms with van der Waals surface area (Å²) in [6, 6.07) is 10.7. The Morgan fingerprint density at radius 2 is 1.82 bits per heavy atom. The molecular weight excluding hydrogens is 454 g/mol. The van der Waals surface area contributed by atoms with Crippen LogP contribution >= 0.6 is 0 Å². The lowest BCUT2D eigenvalue weighted by atomic mass is 9.99. The third kappa shape index (κ3) is 5.54. The van der Waals surface area contributed by atoms with Crippen LogP contribution < -0.4 is 14.8 Å². The van der Waals surface area contributed by atoms with Crippen molar-refractivity contribution in [1.29, 1.82) is 0 Å². The molecule has 2 aromatic carbocycles. The lowest BCUT2D eigenvalue weighted by Crippen LogP contribution is -2.37. The number of benzene rings is 2. The zero-order chi connectivity index (χ0) is 24.1. The Balaban J connectivity index is 1.48. The Labute approximate surface area is 201 Å². The van der Waals surface area contributed by atoms with Crippen LogP contribution in [0.1, 0.15) is 37.3 Å². The SMILES string of the molecule is CCOc1ccc(S(=O)(=O)N2CCCCC2)cc1NC(=O)CN1CCc2ccc(OC)cc2C1. The summed E-state index contributed by atoms with van der Waals surface area (Å²) in [5, 5.41) is 2.89. The van der Waals surface area contributed by atoms with Gasteiger partial charge in [0.25, 0.3) is 0 Å². The first-order valence-electron chi connectivity index (χ1n) is 11.9. The fraction of sp³-hybridized carbons (Fsp3) is 0.480. The molecule has 2 aromatic rings. The monoisotopic (exact) mass is 487 g/mol. The van der Waals surface area contributed by atoms with Gasteiger partial charge in [0.1, 0.15) is 11.5 Å². The molecule has 0 aromatic heterocycles. The highest BCUT2D eigenvalue weighted by Gasteiger charge is 2.27. The second-order valence-electron chi connectivity index (χ2n) is 8.70. The predicted octanol–water partition coefficient (Wildman–Crippen LogP) is 3.27. The maximum Gasteiger partial charge on any atom is 0.243 e. The summed E-state index contributed by atoms with van der Waals surface area (Å²) in [6.45, 7) is 4.94. The minimum absolute atomic E-state index is 0.173. The number of piperidine rings is 1. The van der Waals surface area contributed by atoms with E-state index < -0.39 is 10.0 Å². The van der Waals surface area contributed by atoms with Crippen molar-refractivity contribution < 1.29 is 22.7 Å². The fourth-order valence-corrected chi connectivity index (χ4v) is 6.09. The average Bonchev–Trinajstić information content (AvgIpc) is 2.85. The molecule has 8 nitrogen and oxygen atoms in total. The highest BCUT2D eigenvalue weighted by atomic mass is 32.2. The quantitative estimate of drug-likeness (QED) is 0.615. The van der Waals surface area contributed by atoms with Crippen molar-refractivity contribution in [2.45, 2.75) is 44.0 Å². The molecule has 2 aliphatic heterocycles. The molecule has 4 rings (SSSR count). The number of carbonyl (C=O) groups is 1. The molecule has 0 aliphatic carbocycles. The molecule has 34 heavy (non-hydrogen) atoms. The second kappa shape index (κ2) is 10.8. The zero-order valence-electron chi connectivity index (χ0n) is 19.9. The van der Waals surface area contributed by atoms with Crippen molar-refractivity contribution in [3.63, 3.8) is 0 Å². The summed E-state index contributed by atoms with van der Waals surface area (Å²) >= 11 is 0. The fourth-order valence-electron chi connectivity index (χ4n) is 4.55. The number of nitrogens with zero attached hydrogens (tertiary/aromatic N) is 2. The van der Waals surface area contributed by atoms with Crippen LogP contribution in [0.3, 0.4) is 0 Å². The van der Waals surface area contributed by atoms with Gasteiger partial charge < -0.3 is 14.8 Å². The summed E-state index contributed by atoms with van der Waals surface area (Å²) in [6.07, 6.45) is 3.64. The summed E-state index contributed by atoms with van der Waals surface area (Å²) < 4.78 is 38.8. The van der Waals surface area contributed by atoms with E-state index in [4.69, 9.17) is 9.47 Å². The molecule has 1 saturated heterocycles. The molecule has 0 unspecified atom stereocenters. The number of sulfonamides is 1. The van der Waals surface area contributed by atoms with E-state index >= 15 is 0 Å². The molecule has 0 saturated carbocycles. The van der Waals surface area contributed by atoms with E-state index in [0.29, 0.717) is 37.7 Å². The van der Waals surface area contributed by atoms with E-state index in [9.17, 15) is 13.2 Å². The van der Waals surface area contributed by atoms with Crippen LogP contribution in [0.5, 0.6) is 11.5 Å². The number of nitrogens with one attached hydrogen (secondary N) is 1. The van der Waals surface area contributed by atoms with Crippen molar-refractivity contribution in [3.05, 3.63) is 47.5 Å². The number of anilines is 1. The molecule has 184 valence electrons. The van der Waals surface area contributed by atoms with Gasteiger partial charge in [-0.3, -0.25) is 9.69 Å². The van der Waals surface area contributed by atoms with Gasteiger partial charge >= 0.3 is 0 Å². The number of fused-ring (bicyclic) bond motifs is 1. The van der Waals surface area contributed by atoms with E-state index in [-0.39, 0.29) is 17.3 Å². The number of carbonyl (C=O) groups excluding carboxylic acids is 1. The summed E-state index contributed by atoms with van der Waals surface area (Å²) in [5.74, 6) is 1.06. The standard InChI is InChI=1S/C25H33N3O5S/c1-3-33-24-10-9-22(34(30,31)28-12-5-4-6-13-28)16-23(24)26-25(29)18-27-14-11-19-7-8-21(32-2)15-20(19)17-27/h7-10,15-16H,3-6,11-14,17-18H2,1-2H3,(H,26,29). The van der Waals surface area contributed by atoms with Crippen molar-refractivity contribution >= 4 is 21.6 Å². The Bertz CT molecular complexity index is 1130. The Morgan fingerprint density at radius 1 is 1.03 bits per heavy atom. The molecule has 1 N–H and O–H groups in total. The van der Waals surface area contributed by atoms with Gasteiger partial charge in [-0.2, -0.15) is 4.31 Å². The number of hydrogen-bond acceptors (Lipinski definition) is 6. The minimum atomic E-state index is -3.62. The molecular formula is C25H33N3O5S. The number of amides is 1. The van der Waals surface area contributed by atoms with E-state index in [1.165, 1.54) is 15.9 Å². The van der Waals surface area contributed by atoms with E-state index in [2.05, 4.69) is 16.3 Å². The summed E-state index contributed by atoms with van der Waals surface area (Å²) in [4.78, 5) is 15.2.